The lowest BCUT2D eigenvalue weighted by atomic mass is 9.98. The van der Waals surface area contributed by atoms with Gasteiger partial charge in [0.25, 0.3) is 5.91 Å². The summed E-state index contributed by atoms with van der Waals surface area (Å²) in [5, 5.41) is 6.43. The highest BCUT2D eigenvalue weighted by atomic mass is 35.5. The van der Waals surface area contributed by atoms with Gasteiger partial charge in [-0.15, -0.1) is 0 Å². The Morgan fingerprint density at radius 3 is 2.62 bits per heavy atom. The van der Waals surface area contributed by atoms with Crippen LogP contribution in [-0.4, -0.2) is 30.7 Å². The molecule has 2 aromatic carbocycles. The van der Waals surface area contributed by atoms with Crippen LogP contribution < -0.4 is 15.5 Å². The maximum Gasteiger partial charge on any atom is 0.411 e. The summed E-state index contributed by atoms with van der Waals surface area (Å²) >= 11 is 5.81. The van der Waals surface area contributed by atoms with Gasteiger partial charge in [-0.1, -0.05) is 23.7 Å². The molecule has 0 atom stereocenters. The number of para-hydroxylation sites is 2. The zero-order valence-electron chi connectivity index (χ0n) is 14.6. The first-order valence-electron chi connectivity index (χ1n) is 8.25. The topological polar surface area (TPSA) is 70.7 Å². The molecule has 0 unspecified atom stereocenters. The van der Waals surface area contributed by atoms with Gasteiger partial charge < -0.3 is 15.0 Å². The van der Waals surface area contributed by atoms with Gasteiger partial charge in [-0.25, -0.2) is 4.79 Å². The third kappa shape index (κ3) is 3.91. The highest BCUT2D eigenvalue weighted by Gasteiger charge is 2.38. The maximum absolute atomic E-state index is 12.7. The van der Waals surface area contributed by atoms with Crippen molar-refractivity contribution in [2.45, 2.75) is 19.4 Å². The van der Waals surface area contributed by atoms with Gasteiger partial charge in [0.1, 0.15) is 12.1 Å². The van der Waals surface area contributed by atoms with Crippen LogP contribution in [0.5, 0.6) is 0 Å². The van der Waals surface area contributed by atoms with E-state index in [1.54, 1.807) is 29.2 Å². The summed E-state index contributed by atoms with van der Waals surface area (Å²) < 4.78 is 5.21. The monoisotopic (exact) mass is 373 g/mol. The quantitative estimate of drug-likeness (QED) is 0.845. The number of fused-ring (bicyclic) bond motifs is 1. The zero-order chi connectivity index (χ0) is 18.7. The van der Waals surface area contributed by atoms with Gasteiger partial charge in [-0.2, -0.15) is 0 Å². The van der Waals surface area contributed by atoms with Crippen molar-refractivity contribution in [1.29, 1.82) is 0 Å². The van der Waals surface area contributed by atoms with Crippen molar-refractivity contribution in [1.82, 2.24) is 0 Å². The van der Waals surface area contributed by atoms with Crippen LogP contribution in [0.2, 0.25) is 5.02 Å². The molecule has 0 saturated heterocycles. The van der Waals surface area contributed by atoms with E-state index in [1.807, 2.05) is 38.1 Å². The minimum Gasteiger partial charge on any atom is -0.447 e. The number of anilines is 3. The Kier molecular flexibility index (Phi) is 5.04. The van der Waals surface area contributed by atoms with E-state index in [2.05, 4.69) is 10.6 Å². The lowest BCUT2D eigenvalue weighted by molar-refractivity contribution is -0.122. The highest BCUT2D eigenvalue weighted by molar-refractivity contribution is 6.30. The molecule has 1 aliphatic heterocycles. The number of amides is 2. The van der Waals surface area contributed by atoms with Gasteiger partial charge in [0.2, 0.25) is 0 Å². The number of benzene rings is 2. The molecule has 0 saturated carbocycles. The molecule has 0 aromatic heterocycles. The average molecular weight is 374 g/mol. The fraction of sp³-hybridized carbons (Fsp3) is 0.263. The summed E-state index contributed by atoms with van der Waals surface area (Å²) in [5.41, 5.74) is 1.52. The van der Waals surface area contributed by atoms with Crippen molar-refractivity contribution >= 4 is 40.7 Å². The molecule has 2 aromatic rings. The zero-order valence-corrected chi connectivity index (χ0v) is 15.3. The van der Waals surface area contributed by atoms with E-state index in [0.717, 1.165) is 11.4 Å². The molecule has 0 fully saturated rings. The van der Waals surface area contributed by atoms with Crippen molar-refractivity contribution in [2.24, 2.45) is 0 Å². The van der Waals surface area contributed by atoms with Crippen LogP contribution in [0.4, 0.5) is 21.9 Å². The van der Waals surface area contributed by atoms with Crippen LogP contribution in [0.1, 0.15) is 13.8 Å². The van der Waals surface area contributed by atoms with E-state index in [4.69, 9.17) is 16.3 Å². The van der Waals surface area contributed by atoms with Crippen molar-refractivity contribution < 1.29 is 14.3 Å². The van der Waals surface area contributed by atoms with Gasteiger partial charge >= 0.3 is 6.09 Å². The lowest BCUT2D eigenvalue weighted by Crippen LogP contribution is -2.54. The summed E-state index contributed by atoms with van der Waals surface area (Å²) in [6, 6.07) is 14.3. The van der Waals surface area contributed by atoms with E-state index in [1.165, 1.54) is 0 Å². The molecule has 7 heteroatoms. The number of ether oxygens (including phenoxy) is 1. The fourth-order valence-corrected chi connectivity index (χ4v) is 2.92. The maximum atomic E-state index is 12.7. The largest absolute Gasteiger partial charge is 0.447 e. The first-order valence-corrected chi connectivity index (χ1v) is 8.63. The Bertz CT molecular complexity index is 821. The molecule has 136 valence electrons. The van der Waals surface area contributed by atoms with Crippen LogP contribution in [0.15, 0.2) is 48.5 Å². The third-order valence-corrected chi connectivity index (χ3v) is 4.31. The molecule has 0 aliphatic carbocycles. The second-order valence-electron chi connectivity index (χ2n) is 6.49. The fourth-order valence-electron chi connectivity index (χ4n) is 2.79. The van der Waals surface area contributed by atoms with E-state index in [9.17, 15) is 9.59 Å². The summed E-state index contributed by atoms with van der Waals surface area (Å²) in [7, 11) is 0. The predicted molar refractivity (Wildman–Crippen MR) is 103 cm³/mol. The van der Waals surface area contributed by atoms with E-state index in [-0.39, 0.29) is 19.1 Å². The number of nitrogens with one attached hydrogen (secondary N) is 2. The molecule has 0 radical (unpaired) electrons. The van der Waals surface area contributed by atoms with Gasteiger partial charge in [-0.05, 0) is 50.2 Å². The van der Waals surface area contributed by atoms with Crippen LogP contribution >= 0.6 is 11.6 Å². The summed E-state index contributed by atoms with van der Waals surface area (Å²) in [4.78, 5) is 26.3. The molecule has 1 aliphatic rings. The molecule has 2 N–H and O–H groups in total. The van der Waals surface area contributed by atoms with E-state index >= 15 is 0 Å². The number of halogens is 1. The molecular formula is C19H20ClN3O3. The molecular weight excluding hydrogens is 354 g/mol. The summed E-state index contributed by atoms with van der Waals surface area (Å²) in [6.07, 6.45) is -0.581. The Morgan fingerprint density at radius 1 is 1.19 bits per heavy atom. The van der Waals surface area contributed by atoms with Crippen molar-refractivity contribution in [3.63, 3.8) is 0 Å². The Labute approximate surface area is 157 Å². The van der Waals surface area contributed by atoms with Crippen LogP contribution in [-0.2, 0) is 9.53 Å². The van der Waals surface area contributed by atoms with Gasteiger partial charge in [0.15, 0.2) is 0 Å². The van der Waals surface area contributed by atoms with Crippen molar-refractivity contribution in [3.05, 3.63) is 53.6 Å². The number of carbonyl (C=O) groups excluding carboxylic acids is 2. The first-order chi connectivity index (χ1) is 12.4. The van der Waals surface area contributed by atoms with Crippen LogP contribution in [0.25, 0.3) is 0 Å². The molecule has 1 heterocycles. The van der Waals surface area contributed by atoms with E-state index in [0.29, 0.717) is 10.7 Å². The van der Waals surface area contributed by atoms with Gasteiger partial charge in [0.05, 0.1) is 17.9 Å². The Balaban J connectivity index is 1.61. The smallest absolute Gasteiger partial charge is 0.411 e. The third-order valence-electron chi connectivity index (χ3n) is 4.06. The predicted octanol–water partition coefficient (Wildman–Crippen LogP) is 4.13. The van der Waals surface area contributed by atoms with Crippen molar-refractivity contribution in [2.75, 3.05) is 28.7 Å². The normalized spacial score (nSPS) is 15.0. The number of hydrogen-bond acceptors (Lipinski definition) is 4. The Morgan fingerprint density at radius 2 is 1.88 bits per heavy atom. The SMILES string of the molecule is CC1(C)Nc2ccccc2N(CCOC(=O)Nc2ccc(Cl)cc2)C1=O. The second kappa shape index (κ2) is 7.25. The summed E-state index contributed by atoms with van der Waals surface area (Å²) in [6.45, 7) is 4.00. The lowest BCUT2D eigenvalue weighted by Gasteiger charge is -2.39. The minimum absolute atomic E-state index is 0.0714. The van der Waals surface area contributed by atoms with Crippen molar-refractivity contribution in [3.8, 4) is 0 Å². The van der Waals surface area contributed by atoms with Crippen LogP contribution in [0, 0.1) is 0 Å². The first kappa shape index (κ1) is 18.1. The molecule has 0 spiro atoms. The number of nitrogens with zero attached hydrogens (tertiary/aromatic N) is 1. The summed E-state index contributed by atoms with van der Waals surface area (Å²) in [5.74, 6) is -0.0714. The standard InChI is InChI=1S/C19H20ClN3O3/c1-19(2)17(24)23(16-6-4-3-5-15(16)22-19)11-12-26-18(25)21-14-9-7-13(20)8-10-14/h3-10,22H,11-12H2,1-2H3,(H,21,25). The molecule has 26 heavy (non-hydrogen) atoms. The van der Waals surface area contributed by atoms with Gasteiger partial charge in [0, 0.05) is 10.7 Å². The second-order valence-corrected chi connectivity index (χ2v) is 6.93. The number of carbonyl (C=O) groups is 2. The van der Waals surface area contributed by atoms with Gasteiger partial charge in [-0.3, -0.25) is 10.1 Å². The number of rotatable bonds is 4. The molecule has 3 rings (SSSR count). The average Bonchev–Trinajstić information content (AvgIpc) is 2.60. The minimum atomic E-state index is -0.722. The van der Waals surface area contributed by atoms with E-state index < -0.39 is 11.6 Å². The molecule has 6 nitrogen and oxygen atoms in total. The molecule has 0 bridgehead atoms. The number of hydrogen-bond donors (Lipinski definition) is 2. The van der Waals surface area contributed by atoms with Crippen LogP contribution in [0.3, 0.4) is 0 Å². The Hall–Kier alpha value is -2.73. The molecule has 2 amide bonds. The highest BCUT2D eigenvalue weighted by Crippen LogP contribution is 2.34.